The molecule has 2 fully saturated rings. The lowest BCUT2D eigenvalue weighted by Gasteiger charge is -2.36. The number of carbonyl (C=O) groups excluding carboxylic acids is 1. The van der Waals surface area contributed by atoms with Crippen LogP contribution in [0.4, 0.5) is 0 Å². The Kier molecular flexibility index (Phi) is 5.28. The van der Waals surface area contributed by atoms with Crippen LogP contribution in [0.5, 0.6) is 0 Å². The minimum Gasteiger partial charge on any atom is -0.368 e. The fourth-order valence-electron chi connectivity index (χ4n) is 4.31. The van der Waals surface area contributed by atoms with Crippen LogP contribution in [0.1, 0.15) is 55.2 Å². The fourth-order valence-corrected chi connectivity index (χ4v) is 5.09. The van der Waals surface area contributed by atoms with Gasteiger partial charge in [-0.3, -0.25) is 9.59 Å². The van der Waals surface area contributed by atoms with Crippen LogP contribution in [0.15, 0.2) is 4.79 Å². The van der Waals surface area contributed by atoms with Crippen LogP contribution in [0, 0.1) is 0 Å². The molecule has 0 aromatic carbocycles. The molecule has 1 N–H and O–H groups in total. The first-order chi connectivity index (χ1) is 13.3. The van der Waals surface area contributed by atoms with Gasteiger partial charge in [0.15, 0.2) is 0 Å². The Labute approximate surface area is 164 Å². The summed E-state index contributed by atoms with van der Waals surface area (Å²) in [7, 11) is -3.35. The van der Waals surface area contributed by atoms with Crippen LogP contribution >= 0.6 is 0 Å². The second-order valence-electron chi connectivity index (χ2n) is 7.77. The lowest BCUT2D eigenvalue weighted by atomic mass is 9.99. The van der Waals surface area contributed by atoms with Gasteiger partial charge in [-0.25, -0.2) is 13.4 Å². The molecule has 1 amide bonds. The number of hydrogen-bond donors (Lipinski definition) is 1. The number of ether oxygens (including phenoxy) is 1. The van der Waals surface area contributed by atoms with Crippen molar-refractivity contribution in [3.05, 3.63) is 27.4 Å². The number of H-pyrrole nitrogens is 1. The van der Waals surface area contributed by atoms with E-state index >= 15 is 0 Å². The standard InChI is InChI=1S/C18H26N4O5S/c1-28(25,26)21-9-7-12-13(11-21)19-16(20-17(12)23)14-5-2-3-8-22(14)18(24)15-6-4-10-27-15/h14-15H,2-11H2,1H3,(H,19,20,23). The first-order valence-corrected chi connectivity index (χ1v) is 11.7. The summed E-state index contributed by atoms with van der Waals surface area (Å²) in [4.78, 5) is 34.8. The van der Waals surface area contributed by atoms with Crippen LogP contribution in [-0.2, 0) is 32.5 Å². The third-order valence-electron chi connectivity index (χ3n) is 5.83. The highest BCUT2D eigenvalue weighted by Gasteiger charge is 2.36. The van der Waals surface area contributed by atoms with Gasteiger partial charge in [0.05, 0.1) is 24.5 Å². The van der Waals surface area contributed by atoms with E-state index in [1.54, 1.807) is 4.90 Å². The van der Waals surface area contributed by atoms with Crippen molar-refractivity contribution in [2.45, 2.75) is 57.2 Å². The Bertz CT molecular complexity index is 922. The lowest BCUT2D eigenvalue weighted by Crippen LogP contribution is -2.45. The number of fused-ring (bicyclic) bond motifs is 1. The first kappa shape index (κ1) is 19.5. The van der Waals surface area contributed by atoms with Gasteiger partial charge >= 0.3 is 0 Å². The minimum absolute atomic E-state index is 0.0414. The number of sulfonamides is 1. The molecule has 3 aliphatic heterocycles. The van der Waals surface area contributed by atoms with E-state index in [1.165, 1.54) is 4.31 Å². The van der Waals surface area contributed by atoms with Gasteiger partial charge in [-0.2, -0.15) is 4.31 Å². The largest absolute Gasteiger partial charge is 0.368 e. The van der Waals surface area contributed by atoms with E-state index in [4.69, 9.17) is 4.74 Å². The summed E-state index contributed by atoms with van der Waals surface area (Å²) >= 11 is 0. The molecule has 3 aliphatic rings. The number of rotatable bonds is 3. The zero-order valence-electron chi connectivity index (χ0n) is 16.0. The third kappa shape index (κ3) is 3.72. The van der Waals surface area contributed by atoms with E-state index in [0.717, 1.165) is 38.4 Å². The minimum atomic E-state index is -3.35. The molecule has 1 aromatic rings. The summed E-state index contributed by atoms with van der Waals surface area (Å²) in [5.41, 5.74) is 0.796. The van der Waals surface area contributed by atoms with Crippen molar-refractivity contribution in [3.63, 3.8) is 0 Å². The van der Waals surface area contributed by atoms with Crippen molar-refractivity contribution < 1.29 is 17.9 Å². The number of hydrogen-bond acceptors (Lipinski definition) is 6. The van der Waals surface area contributed by atoms with Crippen LogP contribution in [-0.4, -0.2) is 65.6 Å². The van der Waals surface area contributed by atoms with Crippen molar-refractivity contribution in [2.24, 2.45) is 0 Å². The summed E-state index contributed by atoms with van der Waals surface area (Å²) in [5.74, 6) is 0.408. The van der Waals surface area contributed by atoms with Gasteiger partial charge < -0.3 is 14.6 Å². The third-order valence-corrected chi connectivity index (χ3v) is 7.08. The number of piperidine rings is 1. The molecule has 154 valence electrons. The fraction of sp³-hybridized carbons (Fsp3) is 0.722. The van der Waals surface area contributed by atoms with Crippen LogP contribution < -0.4 is 5.56 Å². The quantitative estimate of drug-likeness (QED) is 0.768. The highest BCUT2D eigenvalue weighted by Crippen LogP contribution is 2.31. The molecular formula is C18H26N4O5S. The summed E-state index contributed by atoms with van der Waals surface area (Å²) in [6.07, 6.45) is 5.26. The molecular weight excluding hydrogens is 384 g/mol. The summed E-state index contributed by atoms with van der Waals surface area (Å²) in [6.45, 7) is 1.59. The maximum absolute atomic E-state index is 12.9. The molecule has 0 spiro atoms. The molecule has 2 saturated heterocycles. The van der Waals surface area contributed by atoms with E-state index in [2.05, 4.69) is 9.97 Å². The van der Waals surface area contributed by atoms with Gasteiger partial charge in [-0.15, -0.1) is 0 Å². The molecule has 1 aromatic heterocycles. The van der Waals surface area contributed by atoms with E-state index < -0.39 is 16.1 Å². The van der Waals surface area contributed by atoms with Gasteiger partial charge in [0.1, 0.15) is 11.9 Å². The SMILES string of the molecule is CS(=O)(=O)N1CCc2c(nc(C3CCCCN3C(=O)C3CCCO3)[nH]c2=O)C1. The zero-order valence-corrected chi connectivity index (χ0v) is 16.8. The van der Waals surface area contributed by atoms with Crippen molar-refractivity contribution in [2.75, 3.05) is 26.0 Å². The van der Waals surface area contributed by atoms with E-state index in [9.17, 15) is 18.0 Å². The van der Waals surface area contributed by atoms with Gasteiger partial charge in [0.25, 0.3) is 11.5 Å². The number of nitrogens with zero attached hydrogens (tertiary/aromatic N) is 3. The topological polar surface area (TPSA) is 113 Å². The van der Waals surface area contributed by atoms with Crippen LogP contribution in [0.25, 0.3) is 0 Å². The van der Waals surface area contributed by atoms with Gasteiger partial charge in [0, 0.05) is 25.3 Å². The molecule has 0 aliphatic carbocycles. The Morgan fingerprint density at radius 2 is 2.04 bits per heavy atom. The van der Waals surface area contributed by atoms with E-state index in [0.29, 0.717) is 36.7 Å². The highest BCUT2D eigenvalue weighted by atomic mass is 32.2. The molecule has 2 unspecified atom stereocenters. The molecule has 28 heavy (non-hydrogen) atoms. The number of aromatic nitrogens is 2. The normalized spacial score (nSPS) is 26.2. The van der Waals surface area contributed by atoms with Crippen molar-refractivity contribution >= 4 is 15.9 Å². The number of likely N-dealkylation sites (tertiary alicyclic amines) is 1. The average Bonchev–Trinajstić information content (AvgIpc) is 3.21. The molecule has 10 heteroatoms. The van der Waals surface area contributed by atoms with Crippen LogP contribution in [0.3, 0.4) is 0 Å². The number of carbonyl (C=O) groups is 1. The Hall–Kier alpha value is -1.78. The molecule has 0 bridgehead atoms. The molecule has 0 saturated carbocycles. The zero-order chi connectivity index (χ0) is 19.9. The van der Waals surface area contributed by atoms with Crippen molar-refractivity contribution in [1.29, 1.82) is 0 Å². The molecule has 2 atom stereocenters. The number of amides is 1. The first-order valence-electron chi connectivity index (χ1n) is 9.84. The number of nitrogens with one attached hydrogen (secondary N) is 1. The van der Waals surface area contributed by atoms with Gasteiger partial charge in [-0.1, -0.05) is 0 Å². The second kappa shape index (κ2) is 7.57. The van der Waals surface area contributed by atoms with Gasteiger partial charge in [-0.05, 0) is 38.5 Å². The molecule has 4 heterocycles. The monoisotopic (exact) mass is 410 g/mol. The second-order valence-corrected chi connectivity index (χ2v) is 9.75. The van der Waals surface area contributed by atoms with E-state index in [-0.39, 0.29) is 30.6 Å². The predicted octanol–water partition coefficient (Wildman–Crippen LogP) is 0.320. The van der Waals surface area contributed by atoms with Crippen molar-refractivity contribution in [1.82, 2.24) is 19.2 Å². The van der Waals surface area contributed by atoms with Crippen molar-refractivity contribution in [3.8, 4) is 0 Å². The Morgan fingerprint density at radius 1 is 1.21 bits per heavy atom. The molecule has 9 nitrogen and oxygen atoms in total. The average molecular weight is 410 g/mol. The maximum atomic E-state index is 12.9. The Morgan fingerprint density at radius 3 is 2.75 bits per heavy atom. The maximum Gasteiger partial charge on any atom is 0.254 e. The Balaban J connectivity index is 1.65. The van der Waals surface area contributed by atoms with Gasteiger partial charge in [0.2, 0.25) is 10.0 Å². The predicted molar refractivity (Wildman–Crippen MR) is 101 cm³/mol. The summed E-state index contributed by atoms with van der Waals surface area (Å²) in [6, 6.07) is -0.308. The highest BCUT2D eigenvalue weighted by molar-refractivity contribution is 7.88. The molecule has 0 radical (unpaired) electrons. The van der Waals surface area contributed by atoms with E-state index in [1.807, 2.05) is 0 Å². The summed E-state index contributed by atoms with van der Waals surface area (Å²) < 4.78 is 30.7. The number of aromatic amines is 1. The van der Waals surface area contributed by atoms with Crippen LogP contribution in [0.2, 0.25) is 0 Å². The smallest absolute Gasteiger partial charge is 0.254 e. The summed E-state index contributed by atoms with van der Waals surface area (Å²) in [5, 5.41) is 0. The molecule has 4 rings (SSSR count). The lowest BCUT2D eigenvalue weighted by molar-refractivity contribution is -0.145.